The van der Waals surface area contributed by atoms with E-state index in [9.17, 15) is 14.4 Å². The number of methoxy groups -OCH3 is 1. The van der Waals surface area contributed by atoms with Crippen LogP contribution in [-0.2, 0) is 22.5 Å². The van der Waals surface area contributed by atoms with Crippen LogP contribution in [0, 0.1) is 0 Å². The van der Waals surface area contributed by atoms with Gasteiger partial charge in [0.15, 0.2) is 5.16 Å². The topological polar surface area (TPSA) is 90.3 Å². The van der Waals surface area contributed by atoms with E-state index in [1.807, 2.05) is 30.3 Å². The Kier molecular flexibility index (Phi) is 6.36. The Labute approximate surface area is 183 Å². The number of esters is 1. The van der Waals surface area contributed by atoms with Gasteiger partial charge in [0.2, 0.25) is 5.91 Å². The highest BCUT2D eigenvalue weighted by molar-refractivity contribution is 7.99. The Bertz CT molecular complexity index is 1170. The number of aryl methyl sites for hydroxylation is 1. The number of amides is 1. The predicted octanol–water partition coefficient (Wildman–Crippen LogP) is 2.80. The van der Waals surface area contributed by atoms with Crippen molar-refractivity contribution in [2.24, 2.45) is 0 Å². The largest absolute Gasteiger partial charge is 0.465 e. The van der Waals surface area contributed by atoms with Crippen molar-refractivity contribution in [1.82, 2.24) is 14.9 Å². The van der Waals surface area contributed by atoms with E-state index in [0.717, 1.165) is 18.4 Å². The molecule has 1 heterocycles. The molecule has 0 unspecified atom stereocenters. The lowest BCUT2D eigenvalue weighted by Gasteiger charge is -2.14. The Morgan fingerprint density at radius 2 is 1.97 bits per heavy atom. The Morgan fingerprint density at radius 1 is 1.19 bits per heavy atom. The van der Waals surface area contributed by atoms with Gasteiger partial charge in [0.25, 0.3) is 5.56 Å². The molecule has 0 spiro atoms. The number of hydrogen-bond donors (Lipinski definition) is 1. The van der Waals surface area contributed by atoms with E-state index in [-0.39, 0.29) is 23.3 Å². The molecule has 1 aliphatic carbocycles. The predicted molar refractivity (Wildman–Crippen MR) is 119 cm³/mol. The molecule has 8 heteroatoms. The zero-order chi connectivity index (χ0) is 21.8. The number of carbonyl (C=O) groups is 2. The van der Waals surface area contributed by atoms with E-state index >= 15 is 0 Å². The quantitative estimate of drug-likeness (QED) is 0.331. The highest BCUT2D eigenvalue weighted by Gasteiger charge is 2.23. The summed E-state index contributed by atoms with van der Waals surface area (Å²) < 4.78 is 6.38. The first-order valence-corrected chi connectivity index (χ1v) is 11.1. The number of fused-ring (bicyclic) bond motifs is 1. The van der Waals surface area contributed by atoms with Crippen LogP contribution in [0.5, 0.6) is 0 Å². The van der Waals surface area contributed by atoms with E-state index in [0.29, 0.717) is 34.6 Å². The molecule has 0 bridgehead atoms. The van der Waals surface area contributed by atoms with Gasteiger partial charge in [0.05, 0.1) is 29.3 Å². The fourth-order valence-electron chi connectivity index (χ4n) is 3.27. The molecule has 1 aromatic heterocycles. The molecule has 3 aromatic rings. The van der Waals surface area contributed by atoms with E-state index in [1.165, 1.54) is 18.9 Å². The van der Waals surface area contributed by atoms with Crippen LogP contribution in [0.25, 0.3) is 10.9 Å². The van der Waals surface area contributed by atoms with Crippen LogP contribution < -0.4 is 10.9 Å². The minimum absolute atomic E-state index is 0.0697. The second-order valence-corrected chi connectivity index (χ2v) is 8.38. The maximum Gasteiger partial charge on any atom is 0.337 e. The smallest absolute Gasteiger partial charge is 0.337 e. The summed E-state index contributed by atoms with van der Waals surface area (Å²) in [7, 11) is 1.31. The van der Waals surface area contributed by atoms with Crippen molar-refractivity contribution in [3.63, 3.8) is 0 Å². The second kappa shape index (κ2) is 9.34. The summed E-state index contributed by atoms with van der Waals surface area (Å²) in [5.74, 6) is -0.383. The Balaban J connectivity index is 1.66. The van der Waals surface area contributed by atoms with Gasteiger partial charge in [-0.2, -0.15) is 0 Å². The summed E-state index contributed by atoms with van der Waals surface area (Å²) in [6, 6.07) is 14.9. The van der Waals surface area contributed by atoms with E-state index in [4.69, 9.17) is 4.74 Å². The molecule has 31 heavy (non-hydrogen) atoms. The Morgan fingerprint density at radius 3 is 2.68 bits per heavy atom. The third-order valence-corrected chi connectivity index (χ3v) is 6.06. The second-order valence-electron chi connectivity index (χ2n) is 7.44. The number of nitrogens with zero attached hydrogens (tertiary/aromatic N) is 2. The fourth-order valence-corrected chi connectivity index (χ4v) is 4.10. The lowest BCUT2D eigenvalue weighted by Crippen LogP contribution is -2.28. The summed E-state index contributed by atoms with van der Waals surface area (Å²) in [6.45, 7) is 0.442. The number of carbonyl (C=O) groups excluding carboxylic acids is 2. The van der Waals surface area contributed by atoms with Gasteiger partial charge in [-0.3, -0.25) is 14.2 Å². The first kappa shape index (κ1) is 21.1. The Hall–Kier alpha value is -3.13. The first-order valence-electron chi connectivity index (χ1n) is 10.1. The molecule has 0 radical (unpaired) electrons. The fraction of sp³-hybridized carbons (Fsp3) is 0.304. The van der Waals surface area contributed by atoms with Crippen molar-refractivity contribution in [1.29, 1.82) is 0 Å². The normalized spacial score (nSPS) is 13.2. The molecule has 1 aliphatic rings. The number of nitrogens with one attached hydrogen (secondary N) is 1. The highest BCUT2D eigenvalue weighted by atomic mass is 32.2. The SMILES string of the molecule is COC(=O)c1ccc2c(=O)n(CCc3ccccc3)c(SCC(=O)NC3CC3)nc2c1. The standard InChI is InChI=1S/C23H23N3O4S/c1-30-22(29)16-7-10-18-19(13-16)25-23(31-14-20(27)24-17-8-9-17)26(21(18)28)12-11-15-5-3-2-4-6-15/h2-7,10,13,17H,8-9,11-12,14H2,1H3,(H,24,27). The molecule has 1 fully saturated rings. The van der Waals surface area contributed by atoms with Gasteiger partial charge < -0.3 is 10.1 Å². The minimum Gasteiger partial charge on any atom is -0.465 e. The van der Waals surface area contributed by atoms with Gasteiger partial charge in [-0.05, 0) is 43.0 Å². The zero-order valence-corrected chi connectivity index (χ0v) is 18.0. The molecule has 0 aliphatic heterocycles. The highest BCUT2D eigenvalue weighted by Crippen LogP contribution is 2.22. The van der Waals surface area contributed by atoms with Crippen LogP contribution in [0.15, 0.2) is 58.5 Å². The third kappa shape index (κ3) is 5.14. The van der Waals surface area contributed by atoms with Crippen LogP contribution in [0.1, 0.15) is 28.8 Å². The molecule has 7 nitrogen and oxygen atoms in total. The molecule has 1 saturated carbocycles. The van der Waals surface area contributed by atoms with Crippen molar-refractivity contribution in [3.05, 3.63) is 70.0 Å². The van der Waals surface area contributed by atoms with Crippen LogP contribution in [-0.4, -0.2) is 40.3 Å². The van der Waals surface area contributed by atoms with Gasteiger partial charge in [0, 0.05) is 12.6 Å². The van der Waals surface area contributed by atoms with Crippen LogP contribution in [0.3, 0.4) is 0 Å². The summed E-state index contributed by atoms with van der Waals surface area (Å²) in [5.41, 5.74) is 1.65. The zero-order valence-electron chi connectivity index (χ0n) is 17.2. The lowest BCUT2D eigenvalue weighted by molar-refractivity contribution is -0.118. The molecule has 0 saturated heterocycles. The lowest BCUT2D eigenvalue weighted by atomic mass is 10.1. The van der Waals surface area contributed by atoms with Gasteiger partial charge in [-0.25, -0.2) is 9.78 Å². The molecule has 4 rings (SSSR count). The van der Waals surface area contributed by atoms with Crippen LogP contribution in [0.2, 0.25) is 0 Å². The average molecular weight is 438 g/mol. The number of aromatic nitrogens is 2. The maximum atomic E-state index is 13.2. The summed E-state index contributed by atoms with van der Waals surface area (Å²) in [4.78, 5) is 41.9. The number of rotatable bonds is 8. The number of hydrogen-bond acceptors (Lipinski definition) is 6. The van der Waals surface area contributed by atoms with Gasteiger partial charge >= 0.3 is 5.97 Å². The number of ether oxygens (including phenoxy) is 1. The van der Waals surface area contributed by atoms with Crippen LogP contribution in [0.4, 0.5) is 0 Å². The average Bonchev–Trinajstić information content (AvgIpc) is 3.61. The van der Waals surface area contributed by atoms with Gasteiger partial charge in [0.1, 0.15) is 0 Å². The molecule has 2 aromatic carbocycles. The first-order chi connectivity index (χ1) is 15.0. The van der Waals surface area contributed by atoms with Gasteiger partial charge in [-0.15, -0.1) is 0 Å². The maximum absolute atomic E-state index is 13.2. The van der Waals surface area contributed by atoms with E-state index in [1.54, 1.807) is 22.8 Å². The van der Waals surface area contributed by atoms with E-state index < -0.39 is 5.97 Å². The number of thioether (sulfide) groups is 1. The molecule has 0 atom stereocenters. The van der Waals surface area contributed by atoms with Crippen molar-refractivity contribution in [2.45, 2.75) is 37.0 Å². The van der Waals surface area contributed by atoms with Crippen LogP contribution >= 0.6 is 11.8 Å². The molecule has 1 amide bonds. The molecule has 160 valence electrons. The molecular formula is C23H23N3O4S. The molecular weight excluding hydrogens is 414 g/mol. The summed E-state index contributed by atoms with van der Waals surface area (Å²) in [5, 5.41) is 3.83. The van der Waals surface area contributed by atoms with Crippen molar-refractivity contribution < 1.29 is 14.3 Å². The van der Waals surface area contributed by atoms with Crippen molar-refractivity contribution in [3.8, 4) is 0 Å². The van der Waals surface area contributed by atoms with Gasteiger partial charge in [-0.1, -0.05) is 42.1 Å². The molecule has 1 N–H and O–H groups in total. The summed E-state index contributed by atoms with van der Waals surface area (Å²) in [6.07, 6.45) is 2.70. The van der Waals surface area contributed by atoms with Crippen molar-refractivity contribution in [2.75, 3.05) is 12.9 Å². The summed E-state index contributed by atoms with van der Waals surface area (Å²) >= 11 is 1.23. The van der Waals surface area contributed by atoms with Crippen molar-refractivity contribution >= 4 is 34.5 Å². The third-order valence-electron chi connectivity index (χ3n) is 5.08. The number of benzene rings is 2. The minimum atomic E-state index is -0.491. The van der Waals surface area contributed by atoms with E-state index in [2.05, 4.69) is 10.3 Å². The monoisotopic (exact) mass is 437 g/mol.